The molecule has 20 heavy (non-hydrogen) atoms. The van der Waals surface area contributed by atoms with Gasteiger partial charge >= 0.3 is 6.03 Å². The Hall–Kier alpha value is -0.380. The maximum atomic E-state index is 12.3. The number of rotatable bonds is 3. The van der Waals surface area contributed by atoms with Crippen LogP contribution in [0.3, 0.4) is 0 Å². The van der Waals surface area contributed by atoms with Crippen LogP contribution in [0.4, 0.5) is 4.79 Å². The highest BCUT2D eigenvalue weighted by Crippen LogP contribution is 2.32. The van der Waals surface area contributed by atoms with E-state index < -0.39 is 0 Å². The van der Waals surface area contributed by atoms with Crippen LogP contribution in [0.25, 0.3) is 0 Å². The fourth-order valence-corrected chi connectivity index (χ4v) is 4.92. The number of hydrogen-bond donors (Lipinski definition) is 1. The summed E-state index contributed by atoms with van der Waals surface area (Å²) in [6.45, 7) is 1.38. The molecule has 0 spiro atoms. The van der Waals surface area contributed by atoms with Gasteiger partial charge in [-0.05, 0) is 24.0 Å². The van der Waals surface area contributed by atoms with Gasteiger partial charge in [0.05, 0.1) is 9.77 Å². The van der Waals surface area contributed by atoms with Gasteiger partial charge in [0, 0.05) is 24.6 Å². The van der Waals surface area contributed by atoms with Crippen molar-refractivity contribution in [1.29, 1.82) is 0 Å². The van der Waals surface area contributed by atoms with Gasteiger partial charge in [-0.15, -0.1) is 23.5 Å². The number of hydrogen-bond acceptors (Lipinski definition) is 7. The highest BCUT2D eigenvalue weighted by molar-refractivity contribution is 8.01. The van der Waals surface area contributed by atoms with E-state index in [1.165, 1.54) is 35.1 Å². The lowest BCUT2D eigenvalue weighted by Gasteiger charge is -2.26. The van der Waals surface area contributed by atoms with Crippen molar-refractivity contribution in [2.75, 3.05) is 37.1 Å². The van der Waals surface area contributed by atoms with Gasteiger partial charge in [-0.3, -0.25) is 10.1 Å². The van der Waals surface area contributed by atoms with Crippen LogP contribution < -0.4 is 5.32 Å². The normalized spacial score (nSPS) is 15.2. The molecule has 110 valence electrons. The smallest absolute Gasteiger partial charge is 0.323 e. The van der Waals surface area contributed by atoms with Crippen molar-refractivity contribution in [2.45, 2.75) is 9.24 Å². The Morgan fingerprint density at radius 2 is 1.95 bits per heavy atom. The molecule has 0 radical (unpaired) electrons. The van der Waals surface area contributed by atoms with Gasteiger partial charge in [0.1, 0.15) is 5.03 Å². The molecule has 9 heteroatoms. The molecule has 1 aliphatic heterocycles. The monoisotopic (exact) mass is 349 g/mol. The molecule has 1 aliphatic rings. The molecular formula is C11H15N3O2S4. The third-order valence-electron chi connectivity index (χ3n) is 2.75. The van der Waals surface area contributed by atoms with Crippen LogP contribution in [-0.2, 0) is 0 Å². The van der Waals surface area contributed by atoms with E-state index in [2.05, 4.69) is 9.69 Å². The highest BCUT2D eigenvalue weighted by atomic mass is 32.2. The predicted molar refractivity (Wildman–Crippen MR) is 87.4 cm³/mol. The van der Waals surface area contributed by atoms with Crippen LogP contribution >= 0.6 is 46.8 Å². The SMILES string of the molecule is CSc1nsc(SC)c1C(=O)NC(=O)N1CCSCC1. The molecule has 0 saturated carbocycles. The van der Waals surface area contributed by atoms with E-state index in [-0.39, 0.29) is 11.9 Å². The number of carbonyl (C=O) groups is 2. The number of urea groups is 1. The first-order valence-corrected chi connectivity index (χ1v) is 10.3. The fraction of sp³-hybridized carbons (Fsp3) is 0.545. The van der Waals surface area contributed by atoms with Gasteiger partial charge in [-0.1, -0.05) is 0 Å². The van der Waals surface area contributed by atoms with E-state index in [1.807, 2.05) is 24.3 Å². The average molecular weight is 350 g/mol. The van der Waals surface area contributed by atoms with Crippen molar-refractivity contribution in [1.82, 2.24) is 14.6 Å². The summed E-state index contributed by atoms with van der Waals surface area (Å²) in [5.41, 5.74) is 0.523. The third kappa shape index (κ3) is 3.63. The summed E-state index contributed by atoms with van der Waals surface area (Å²) in [6, 6.07) is -0.305. The maximum absolute atomic E-state index is 12.3. The molecule has 1 fully saturated rings. The van der Waals surface area contributed by atoms with Crippen molar-refractivity contribution in [3.8, 4) is 0 Å². The van der Waals surface area contributed by atoms with Crippen molar-refractivity contribution in [2.24, 2.45) is 0 Å². The minimum atomic E-state index is -0.351. The molecule has 0 aromatic carbocycles. The lowest BCUT2D eigenvalue weighted by molar-refractivity contribution is 0.0947. The van der Waals surface area contributed by atoms with E-state index in [1.54, 1.807) is 4.90 Å². The van der Waals surface area contributed by atoms with Gasteiger partial charge < -0.3 is 4.90 Å². The molecule has 1 saturated heterocycles. The fourth-order valence-electron chi connectivity index (χ4n) is 1.74. The minimum absolute atomic E-state index is 0.305. The molecule has 1 N–H and O–H groups in total. The Kier molecular flexibility index (Phi) is 6.06. The molecule has 0 bridgehead atoms. The van der Waals surface area contributed by atoms with E-state index >= 15 is 0 Å². The Morgan fingerprint density at radius 3 is 2.55 bits per heavy atom. The van der Waals surface area contributed by atoms with Crippen LogP contribution in [0.1, 0.15) is 10.4 Å². The van der Waals surface area contributed by atoms with Gasteiger partial charge in [-0.2, -0.15) is 16.1 Å². The second-order valence-electron chi connectivity index (χ2n) is 3.92. The summed E-state index contributed by atoms with van der Waals surface area (Å²) in [6.07, 6.45) is 3.78. The first-order valence-electron chi connectivity index (χ1n) is 5.93. The van der Waals surface area contributed by atoms with Gasteiger partial charge in [0.15, 0.2) is 0 Å². The molecule has 1 aromatic heterocycles. The summed E-state index contributed by atoms with van der Waals surface area (Å²) >= 11 is 6.01. The first-order chi connectivity index (χ1) is 9.67. The van der Waals surface area contributed by atoms with Crippen LogP contribution in [0.5, 0.6) is 0 Å². The second kappa shape index (κ2) is 7.58. The van der Waals surface area contributed by atoms with Gasteiger partial charge in [-0.25, -0.2) is 4.79 Å². The average Bonchev–Trinajstić information content (AvgIpc) is 2.91. The first kappa shape index (κ1) is 16.0. The number of carbonyl (C=O) groups excluding carboxylic acids is 2. The van der Waals surface area contributed by atoms with Crippen LogP contribution in [-0.4, -0.2) is 58.3 Å². The quantitative estimate of drug-likeness (QED) is 0.846. The predicted octanol–water partition coefficient (Wildman–Crippen LogP) is 2.49. The summed E-state index contributed by atoms with van der Waals surface area (Å²) in [5.74, 6) is 1.50. The van der Waals surface area contributed by atoms with Crippen molar-refractivity contribution in [3.63, 3.8) is 0 Å². The van der Waals surface area contributed by atoms with Crippen LogP contribution in [0.15, 0.2) is 9.24 Å². The highest BCUT2D eigenvalue weighted by Gasteiger charge is 2.24. The summed E-state index contributed by atoms with van der Waals surface area (Å²) in [4.78, 5) is 26.0. The molecule has 1 aromatic rings. The Bertz CT molecular complexity index is 478. The molecule has 5 nitrogen and oxygen atoms in total. The van der Waals surface area contributed by atoms with E-state index in [4.69, 9.17) is 0 Å². The van der Waals surface area contributed by atoms with Gasteiger partial charge in [0.2, 0.25) is 0 Å². The number of amides is 3. The van der Waals surface area contributed by atoms with E-state index in [9.17, 15) is 9.59 Å². The lowest BCUT2D eigenvalue weighted by atomic mass is 10.3. The summed E-state index contributed by atoms with van der Waals surface area (Å²) in [7, 11) is 0. The zero-order valence-corrected chi connectivity index (χ0v) is 14.4. The molecule has 0 atom stereocenters. The standard InChI is InChI=1S/C11H15N3O2S4/c1-17-9-7(10(18-2)20-13-9)8(15)12-11(16)14-3-5-19-6-4-14/h3-6H2,1-2H3,(H,12,15,16). The summed E-state index contributed by atoms with van der Waals surface area (Å²) < 4.78 is 5.08. The molecule has 3 amide bonds. The van der Waals surface area contributed by atoms with Crippen molar-refractivity contribution >= 4 is 58.8 Å². The molecule has 2 heterocycles. The summed E-state index contributed by atoms with van der Waals surface area (Å²) in [5, 5.41) is 3.16. The Morgan fingerprint density at radius 1 is 1.25 bits per heavy atom. The Balaban J connectivity index is 2.07. The number of imide groups is 1. The second-order valence-corrected chi connectivity index (χ2v) is 7.79. The van der Waals surface area contributed by atoms with Crippen molar-refractivity contribution in [3.05, 3.63) is 5.56 Å². The van der Waals surface area contributed by atoms with E-state index in [0.717, 1.165) is 15.7 Å². The van der Waals surface area contributed by atoms with Crippen molar-refractivity contribution < 1.29 is 9.59 Å². The largest absolute Gasteiger partial charge is 0.324 e. The van der Waals surface area contributed by atoms with E-state index in [0.29, 0.717) is 23.7 Å². The molecule has 2 rings (SSSR count). The molecular weight excluding hydrogens is 334 g/mol. The number of nitrogens with zero attached hydrogens (tertiary/aromatic N) is 2. The number of aromatic nitrogens is 1. The minimum Gasteiger partial charge on any atom is -0.323 e. The maximum Gasteiger partial charge on any atom is 0.324 e. The van der Waals surface area contributed by atoms with Gasteiger partial charge in [0.25, 0.3) is 5.91 Å². The lowest BCUT2D eigenvalue weighted by Crippen LogP contribution is -2.46. The van der Waals surface area contributed by atoms with Crippen LogP contribution in [0, 0.1) is 0 Å². The molecule has 0 unspecified atom stereocenters. The Labute approximate surface area is 134 Å². The zero-order valence-electron chi connectivity index (χ0n) is 11.2. The number of thioether (sulfide) groups is 3. The zero-order chi connectivity index (χ0) is 14.5. The van der Waals surface area contributed by atoms with Crippen LogP contribution in [0.2, 0.25) is 0 Å². The third-order valence-corrected chi connectivity index (χ3v) is 6.44. The topological polar surface area (TPSA) is 62.3 Å². The molecule has 0 aliphatic carbocycles. The number of nitrogens with one attached hydrogen (secondary N) is 1.